The second kappa shape index (κ2) is 8.84. The molecule has 8 nitrogen and oxygen atoms in total. The summed E-state index contributed by atoms with van der Waals surface area (Å²) in [6.45, 7) is 2.47. The van der Waals surface area contributed by atoms with Crippen molar-refractivity contribution in [3.63, 3.8) is 0 Å². The Morgan fingerprint density at radius 1 is 1.09 bits per heavy atom. The SMILES string of the molecule is Cc1ccc(NCc2cccc(NC3=CC(=O)N(C4CCC(=O)NC4=O)C3=O)c2)cc1Cl. The number of nitrogens with one attached hydrogen (secondary N) is 3. The molecule has 0 radical (unpaired) electrons. The van der Waals surface area contributed by atoms with Gasteiger partial charge in [-0.1, -0.05) is 29.8 Å². The van der Waals surface area contributed by atoms with Crippen molar-refractivity contribution in [1.82, 2.24) is 10.2 Å². The second-order valence-electron chi connectivity index (χ2n) is 7.68. The zero-order valence-corrected chi connectivity index (χ0v) is 18.0. The number of hydrogen-bond acceptors (Lipinski definition) is 6. The number of anilines is 2. The first-order chi connectivity index (χ1) is 15.3. The molecule has 1 saturated heterocycles. The lowest BCUT2D eigenvalue weighted by Crippen LogP contribution is -2.54. The Balaban J connectivity index is 1.42. The van der Waals surface area contributed by atoms with Gasteiger partial charge >= 0.3 is 0 Å². The van der Waals surface area contributed by atoms with Crippen molar-refractivity contribution in [2.75, 3.05) is 10.6 Å². The third-order valence-electron chi connectivity index (χ3n) is 5.35. The lowest BCUT2D eigenvalue weighted by Gasteiger charge is -2.28. The molecule has 1 atom stereocenters. The summed E-state index contributed by atoms with van der Waals surface area (Å²) in [6.07, 6.45) is 1.37. The van der Waals surface area contributed by atoms with E-state index in [1.807, 2.05) is 43.3 Å². The monoisotopic (exact) mass is 452 g/mol. The zero-order valence-electron chi connectivity index (χ0n) is 17.3. The first-order valence-electron chi connectivity index (χ1n) is 10.1. The van der Waals surface area contributed by atoms with E-state index in [4.69, 9.17) is 11.6 Å². The maximum absolute atomic E-state index is 12.8. The molecular weight excluding hydrogens is 432 g/mol. The molecule has 2 heterocycles. The molecule has 4 rings (SSSR count). The summed E-state index contributed by atoms with van der Waals surface area (Å²) in [4.78, 5) is 49.5. The number of halogens is 1. The molecule has 9 heteroatoms. The number of nitrogens with zero attached hydrogens (tertiary/aromatic N) is 1. The summed E-state index contributed by atoms with van der Waals surface area (Å²) in [5.41, 5.74) is 3.54. The minimum absolute atomic E-state index is 0.0788. The van der Waals surface area contributed by atoms with E-state index in [2.05, 4.69) is 16.0 Å². The van der Waals surface area contributed by atoms with Gasteiger partial charge in [-0.25, -0.2) is 0 Å². The predicted molar refractivity (Wildman–Crippen MR) is 120 cm³/mol. The number of benzene rings is 2. The lowest BCUT2D eigenvalue weighted by molar-refractivity contribution is -0.149. The number of imide groups is 2. The van der Waals surface area contributed by atoms with Crippen molar-refractivity contribution in [2.24, 2.45) is 0 Å². The van der Waals surface area contributed by atoms with Crippen molar-refractivity contribution in [3.8, 4) is 0 Å². The first-order valence-corrected chi connectivity index (χ1v) is 10.5. The van der Waals surface area contributed by atoms with Crippen LogP contribution in [0.1, 0.15) is 24.0 Å². The van der Waals surface area contributed by atoms with E-state index in [9.17, 15) is 19.2 Å². The molecule has 0 saturated carbocycles. The van der Waals surface area contributed by atoms with Crippen molar-refractivity contribution in [3.05, 3.63) is 70.4 Å². The van der Waals surface area contributed by atoms with Gasteiger partial charge in [0.05, 0.1) is 0 Å². The number of carbonyl (C=O) groups excluding carboxylic acids is 4. The molecular formula is C23H21ClN4O4. The zero-order chi connectivity index (χ0) is 22.8. The van der Waals surface area contributed by atoms with Crippen LogP contribution >= 0.6 is 11.6 Å². The summed E-state index contributed by atoms with van der Waals surface area (Å²) >= 11 is 6.16. The fraction of sp³-hybridized carbons (Fsp3) is 0.217. The smallest absolute Gasteiger partial charge is 0.278 e. The maximum Gasteiger partial charge on any atom is 0.278 e. The average molecular weight is 453 g/mol. The van der Waals surface area contributed by atoms with E-state index in [1.54, 1.807) is 6.07 Å². The van der Waals surface area contributed by atoms with Gasteiger partial charge in [-0.3, -0.25) is 29.4 Å². The number of hydrogen-bond donors (Lipinski definition) is 3. The van der Waals surface area contributed by atoms with Crippen molar-refractivity contribution in [1.29, 1.82) is 0 Å². The van der Waals surface area contributed by atoms with Gasteiger partial charge in [0.1, 0.15) is 11.7 Å². The number of piperidine rings is 1. The molecule has 0 bridgehead atoms. The van der Waals surface area contributed by atoms with E-state index in [-0.39, 0.29) is 18.5 Å². The normalized spacial score (nSPS) is 18.5. The van der Waals surface area contributed by atoms with E-state index in [0.717, 1.165) is 21.7 Å². The highest BCUT2D eigenvalue weighted by atomic mass is 35.5. The molecule has 1 fully saturated rings. The summed E-state index contributed by atoms with van der Waals surface area (Å²) in [6, 6.07) is 12.2. The molecule has 0 spiro atoms. The third-order valence-corrected chi connectivity index (χ3v) is 5.76. The summed E-state index contributed by atoms with van der Waals surface area (Å²) < 4.78 is 0. The predicted octanol–water partition coefficient (Wildman–Crippen LogP) is 2.73. The fourth-order valence-electron chi connectivity index (χ4n) is 3.62. The van der Waals surface area contributed by atoms with E-state index in [0.29, 0.717) is 17.3 Å². The van der Waals surface area contributed by atoms with E-state index in [1.165, 1.54) is 6.08 Å². The van der Waals surface area contributed by atoms with E-state index < -0.39 is 29.7 Å². The van der Waals surface area contributed by atoms with Crippen LogP contribution in [0.3, 0.4) is 0 Å². The van der Waals surface area contributed by atoms with Crippen molar-refractivity contribution >= 4 is 46.6 Å². The molecule has 1 unspecified atom stereocenters. The van der Waals surface area contributed by atoms with Crippen molar-refractivity contribution < 1.29 is 19.2 Å². The van der Waals surface area contributed by atoms with Crippen LogP contribution in [0, 0.1) is 6.92 Å². The molecule has 32 heavy (non-hydrogen) atoms. The highest BCUT2D eigenvalue weighted by molar-refractivity contribution is 6.31. The quantitative estimate of drug-likeness (QED) is 0.582. The number of carbonyl (C=O) groups is 4. The summed E-state index contributed by atoms with van der Waals surface area (Å²) in [5.74, 6) is -2.22. The van der Waals surface area contributed by atoms with Crippen LogP contribution in [-0.2, 0) is 25.7 Å². The van der Waals surface area contributed by atoms with Crippen molar-refractivity contribution in [2.45, 2.75) is 32.4 Å². The van der Waals surface area contributed by atoms with E-state index >= 15 is 0 Å². The van der Waals surface area contributed by atoms with Gasteiger partial charge in [0.15, 0.2) is 0 Å². The van der Waals surface area contributed by atoms with Gasteiger partial charge in [-0.2, -0.15) is 0 Å². The highest BCUT2D eigenvalue weighted by Gasteiger charge is 2.42. The molecule has 2 aliphatic rings. The Labute approximate surface area is 189 Å². The fourth-order valence-corrected chi connectivity index (χ4v) is 3.80. The topological polar surface area (TPSA) is 108 Å². The van der Waals surface area contributed by atoms with Gasteiger partial charge in [0, 0.05) is 35.4 Å². The van der Waals surface area contributed by atoms with Crippen LogP contribution < -0.4 is 16.0 Å². The van der Waals surface area contributed by atoms with Crippen LogP contribution in [0.5, 0.6) is 0 Å². The van der Waals surface area contributed by atoms with Gasteiger partial charge in [-0.05, 0) is 48.7 Å². The minimum atomic E-state index is -0.986. The average Bonchev–Trinajstić information content (AvgIpc) is 3.02. The largest absolute Gasteiger partial charge is 0.381 e. The van der Waals surface area contributed by atoms with Crippen LogP contribution in [-0.4, -0.2) is 34.6 Å². The van der Waals surface area contributed by atoms with Gasteiger partial charge in [-0.15, -0.1) is 0 Å². The second-order valence-corrected chi connectivity index (χ2v) is 8.09. The van der Waals surface area contributed by atoms with Crippen LogP contribution in [0.15, 0.2) is 54.2 Å². The van der Waals surface area contributed by atoms with Crippen LogP contribution in [0.4, 0.5) is 11.4 Å². The Kier molecular flexibility index (Phi) is 5.96. The van der Waals surface area contributed by atoms with Gasteiger partial charge in [0.2, 0.25) is 11.8 Å². The summed E-state index contributed by atoms with van der Waals surface area (Å²) in [5, 5.41) is 9.12. The van der Waals surface area contributed by atoms with Crippen LogP contribution in [0.2, 0.25) is 5.02 Å². The van der Waals surface area contributed by atoms with Gasteiger partial charge < -0.3 is 10.6 Å². The molecule has 4 amide bonds. The molecule has 2 aromatic carbocycles. The maximum atomic E-state index is 12.8. The molecule has 3 N–H and O–H groups in total. The number of amides is 4. The molecule has 2 aliphatic heterocycles. The Bertz CT molecular complexity index is 1160. The molecule has 0 aromatic heterocycles. The standard InChI is InChI=1S/C23H21ClN4O4/c1-13-5-6-15(10-17(13)24)25-12-14-3-2-4-16(9-14)26-18-11-21(30)28(23(18)32)19-7-8-20(29)27-22(19)31/h2-6,9-11,19,25-26H,7-8,12H2,1H3,(H,27,29,31). The highest BCUT2D eigenvalue weighted by Crippen LogP contribution is 2.24. The third kappa shape index (κ3) is 4.50. The summed E-state index contributed by atoms with van der Waals surface area (Å²) in [7, 11) is 0. The first kappa shape index (κ1) is 21.6. The molecule has 2 aromatic rings. The molecule has 0 aliphatic carbocycles. The number of rotatable bonds is 6. The van der Waals surface area contributed by atoms with Gasteiger partial charge in [0.25, 0.3) is 11.8 Å². The Morgan fingerprint density at radius 2 is 1.91 bits per heavy atom. The lowest BCUT2D eigenvalue weighted by atomic mass is 10.0. The van der Waals surface area contributed by atoms with Crippen LogP contribution in [0.25, 0.3) is 0 Å². The Morgan fingerprint density at radius 3 is 2.66 bits per heavy atom. The molecule has 164 valence electrons. The minimum Gasteiger partial charge on any atom is -0.381 e. The number of aryl methyl sites for hydroxylation is 1. The Hall–Kier alpha value is -3.65.